The fraction of sp³-hybridized carbons (Fsp3) is 0.538. The third kappa shape index (κ3) is 3.94. The van der Waals surface area contributed by atoms with E-state index in [-0.39, 0.29) is 35.3 Å². The smallest absolute Gasteiger partial charge is 0.547 e. The Hall–Kier alpha value is -0.940. The predicted molar refractivity (Wildman–Crippen MR) is 68.7 cm³/mol. The number of carbonyl (C=O) groups excluding carboxylic acids is 1. The van der Waals surface area contributed by atoms with Gasteiger partial charge in [0.2, 0.25) is 11.7 Å². The number of aliphatic carboxylic acids is 1. The number of carbonyl (C=O) groups is 1. The van der Waals surface area contributed by atoms with Crippen molar-refractivity contribution in [2.24, 2.45) is 7.05 Å². The third-order valence-electron chi connectivity index (χ3n) is 3.57. The summed E-state index contributed by atoms with van der Waals surface area (Å²) in [6.07, 6.45) is -7.47. The van der Waals surface area contributed by atoms with E-state index in [2.05, 4.69) is 0 Å². The summed E-state index contributed by atoms with van der Waals surface area (Å²) in [6, 6.07) is 1.22. The maximum atomic E-state index is 11.8. The minimum atomic E-state index is -1.89. The fourth-order valence-electron chi connectivity index (χ4n) is 2.11. The first-order chi connectivity index (χ1) is 10.2. The molecule has 1 fully saturated rings. The topological polar surface area (TPSA) is 141 Å². The van der Waals surface area contributed by atoms with Crippen LogP contribution in [0.1, 0.15) is 5.69 Å². The molecule has 0 unspecified atom stereocenters. The summed E-state index contributed by atoms with van der Waals surface area (Å²) in [7, 11) is 1.66. The molecule has 0 radical (unpaired) electrons. The number of aliphatic hydroxyl groups is 3. The Bertz CT molecular complexity index is 633. The Morgan fingerprint density at radius 2 is 1.91 bits per heavy atom. The molecule has 2 heterocycles. The van der Waals surface area contributed by atoms with E-state index in [0.29, 0.717) is 5.69 Å². The number of nitrogens with zero attached hydrogens (tertiary/aromatic N) is 1. The monoisotopic (exact) mass is 337 g/mol. The molecule has 0 aliphatic carbocycles. The summed E-state index contributed by atoms with van der Waals surface area (Å²) < 4.78 is 11.7. The molecule has 122 valence electrons. The van der Waals surface area contributed by atoms with Gasteiger partial charge in [0.05, 0.1) is 11.7 Å². The molecule has 1 aromatic rings. The Labute approximate surface area is 153 Å². The number of ether oxygens (including phenoxy) is 2. The van der Waals surface area contributed by atoms with Crippen molar-refractivity contribution in [2.75, 3.05) is 0 Å². The fourth-order valence-corrected chi connectivity index (χ4v) is 2.11. The van der Waals surface area contributed by atoms with Crippen LogP contribution in [0.4, 0.5) is 0 Å². The van der Waals surface area contributed by atoms with Gasteiger partial charge in [-0.05, 0) is 6.92 Å². The van der Waals surface area contributed by atoms with Crippen LogP contribution in [0.2, 0.25) is 0 Å². The molecule has 23 heavy (non-hydrogen) atoms. The summed E-state index contributed by atoms with van der Waals surface area (Å²) in [4.78, 5) is 22.7. The van der Waals surface area contributed by atoms with Crippen molar-refractivity contribution in [3.63, 3.8) is 0 Å². The molecule has 1 aliphatic heterocycles. The second-order valence-corrected chi connectivity index (χ2v) is 5.04. The standard InChI is InChI=1S/C13H17NO8.Na/c1-5-10(6(15)3-4-14(5)2)21-13-9(18)7(16)8(17)11(22-13)12(19)20;/h3-4,7-9,11,13,16-18H,1-2H3,(H,19,20);/q;+1/p-1/t7-,8-,9+,11-,13+;/m0./s1. The van der Waals surface area contributed by atoms with Gasteiger partial charge < -0.3 is 39.3 Å². The van der Waals surface area contributed by atoms with Crippen LogP contribution in [-0.4, -0.2) is 56.6 Å². The van der Waals surface area contributed by atoms with E-state index in [1.54, 1.807) is 18.5 Å². The number of carboxylic acids is 1. The zero-order valence-corrected chi connectivity index (χ0v) is 14.9. The first-order valence-electron chi connectivity index (χ1n) is 6.47. The molecule has 3 N–H and O–H groups in total. The largest absolute Gasteiger partial charge is 1.00 e. The van der Waals surface area contributed by atoms with Gasteiger partial charge in [-0.25, -0.2) is 0 Å². The Morgan fingerprint density at radius 1 is 1.30 bits per heavy atom. The van der Waals surface area contributed by atoms with Gasteiger partial charge in [0.1, 0.15) is 24.4 Å². The first-order valence-corrected chi connectivity index (χ1v) is 6.47. The van der Waals surface area contributed by atoms with Crippen LogP contribution in [0.3, 0.4) is 0 Å². The van der Waals surface area contributed by atoms with Gasteiger partial charge in [0, 0.05) is 19.3 Å². The maximum absolute atomic E-state index is 11.8. The van der Waals surface area contributed by atoms with E-state index in [1.807, 2.05) is 0 Å². The summed E-state index contributed by atoms with van der Waals surface area (Å²) >= 11 is 0. The Morgan fingerprint density at radius 3 is 2.48 bits per heavy atom. The summed E-state index contributed by atoms with van der Waals surface area (Å²) in [5.41, 5.74) is -0.0917. The van der Waals surface area contributed by atoms with Crippen LogP contribution in [0, 0.1) is 6.92 Å². The number of hydrogen-bond donors (Lipinski definition) is 3. The normalized spacial score (nSPS) is 30.4. The molecule has 10 heteroatoms. The molecule has 5 atom stereocenters. The van der Waals surface area contributed by atoms with Crippen molar-refractivity contribution in [1.82, 2.24) is 4.57 Å². The summed E-state index contributed by atoms with van der Waals surface area (Å²) in [5.74, 6) is -1.93. The third-order valence-corrected chi connectivity index (χ3v) is 3.57. The van der Waals surface area contributed by atoms with Crippen LogP contribution in [0.15, 0.2) is 17.1 Å². The van der Waals surface area contributed by atoms with E-state index < -0.39 is 42.1 Å². The molecule has 0 amide bonds. The van der Waals surface area contributed by atoms with Crippen molar-refractivity contribution in [3.05, 3.63) is 28.2 Å². The number of aliphatic hydroxyl groups excluding tert-OH is 3. The molecule has 0 bridgehead atoms. The van der Waals surface area contributed by atoms with Gasteiger partial charge in [-0.15, -0.1) is 0 Å². The molecule has 1 aromatic heterocycles. The number of carboxylic acid groups (broad SMARTS) is 1. The van der Waals surface area contributed by atoms with Crippen LogP contribution < -0.4 is 44.8 Å². The second kappa shape index (κ2) is 7.75. The zero-order chi connectivity index (χ0) is 16.6. The van der Waals surface area contributed by atoms with Crippen molar-refractivity contribution < 1.29 is 64.3 Å². The van der Waals surface area contributed by atoms with Crippen molar-refractivity contribution in [2.45, 2.75) is 37.6 Å². The average molecular weight is 337 g/mol. The first kappa shape index (κ1) is 20.1. The quantitative estimate of drug-likeness (QED) is 0.463. The minimum Gasteiger partial charge on any atom is -0.547 e. The van der Waals surface area contributed by atoms with Gasteiger partial charge >= 0.3 is 29.6 Å². The van der Waals surface area contributed by atoms with Gasteiger partial charge in [-0.2, -0.15) is 0 Å². The molecule has 0 spiro atoms. The van der Waals surface area contributed by atoms with E-state index in [4.69, 9.17) is 9.47 Å². The SMILES string of the molecule is Cc1c(O[C@@H]2O[C@H](C(=O)[O-])[C@@H](O)[C@H](O)[C@H]2O)c(=O)ccn1C.[Na+]. The van der Waals surface area contributed by atoms with Gasteiger partial charge in [-0.1, -0.05) is 0 Å². The second-order valence-electron chi connectivity index (χ2n) is 5.04. The van der Waals surface area contributed by atoms with Crippen molar-refractivity contribution in [3.8, 4) is 5.75 Å². The number of rotatable bonds is 3. The Kier molecular flexibility index (Phi) is 6.78. The van der Waals surface area contributed by atoms with Gasteiger partial charge in [-0.3, -0.25) is 4.79 Å². The zero-order valence-electron chi connectivity index (χ0n) is 12.9. The van der Waals surface area contributed by atoms with Crippen LogP contribution in [0.5, 0.6) is 5.75 Å². The number of hydrogen-bond acceptors (Lipinski definition) is 8. The molecule has 1 saturated heterocycles. The van der Waals surface area contributed by atoms with E-state index in [9.17, 15) is 30.0 Å². The summed E-state index contributed by atoms with van der Waals surface area (Å²) in [6.45, 7) is 1.58. The molecule has 1 aliphatic rings. The van der Waals surface area contributed by atoms with Crippen LogP contribution in [0.25, 0.3) is 0 Å². The van der Waals surface area contributed by atoms with E-state index >= 15 is 0 Å². The van der Waals surface area contributed by atoms with Crippen LogP contribution in [-0.2, 0) is 16.6 Å². The van der Waals surface area contributed by atoms with Crippen molar-refractivity contribution in [1.29, 1.82) is 0 Å². The molecular formula is C13H16NNaO8. The minimum absolute atomic E-state index is 0. The molecule has 9 nitrogen and oxygen atoms in total. The summed E-state index contributed by atoms with van der Waals surface area (Å²) in [5, 5.41) is 39.9. The Balaban J connectivity index is 0.00000264. The average Bonchev–Trinajstić information content (AvgIpc) is 2.47. The van der Waals surface area contributed by atoms with Crippen LogP contribution >= 0.6 is 0 Å². The molecule has 0 aromatic carbocycles. The van der Waals surface area contributed by atoms with E-state index in [0.717, 1.165) is 0 Å². The predicted octanol–water partition coefficient (Wildman–Crippen LogP) is -6.37. The van der Waals surface area contributed by atoms with Gasteiger partial charge in [0.15, 0.2) is 5.75 Å². The maximum Gasteiger partial charge on any atom is 1.00 e. The van der Waals surface area contributed by atoms with Gasteiger partial charge in [0.25, 0.3) is 0 Å². The van der Waals surface area contributed by atoms with Crippen molar-refractivity contribution >= 4 is 5.97 Å². The molecule has 0 saturated carbocycles. The molecule has 2 rings (SSSR count). The van der Waals surface area contributed by atoms with E-state index in [1.165, 1.54) is 12.3 Å². The number of aryl methyl sites for hydroxylation is 1. The molecular weight excluding hydrogens is 321 g/mol. The number of pyridine rings is 1. The number of aromatic nitrogens is 1.